The SMILES string of the molecule is COc1cc(N=Nc2ccc(/C=C/c3ccc([N+](=O)[O-])cc3S(=O)(=O)O)c(S(=O)(=O)O)c2)c(C)cc1N=Nc1c(S(=O)(=O)O)cc2cc(N=[NH+]c3ccc(N)cc3)ccc2c1O. The molecule has 0 aliphatic heterocycles. The molecule has 0 fully saturated rings. The van der Waals surface area contributed by atoms with E-state index in [0.717, 1.165) is 36.4 Å². The Morgan fingerprint density at radius 2 is 1.29 bits per heavy atom. The summed E-state index contributed by atoms with van der Waals surface area (Å²) in [5.41, 5.74) is 6.18. The lowest BCUT2D eigenvalue weighted by Gasteiger charge is -2.10. The number of phenolic OH excluding ortho intramolecular Hbond substituents is 1. The van der Waals surface area contributed by atoms with E-state index < -0.39 is 67.1 Å². The molecule has 0 bridgehead atoms. The molecule has 0 saturated carbocycles. The van der Waals surface area contributed by atoms with Crippen LogP contribution in [0.25, 0.3) is 22.9 Å². The van der Waals surface area contributed by atoms with Gasteiger partial charge in [0.15, 0.2) is 5.75 Å². The average molecular weight is 904 g/mol. The van der Waals surface area contributed by atoms with Crippen LogP contribution in [0, 0.1) is 17.0 Å². The van der Waals surface area contributed by atoms with Gasteiger partial charge < -0.3 is 15.6 Å². The van der Waals surface area contributed by atoms with Crippen LogP contribution in [-0.2, 0) is 30.4 Å². The zero-order valence-electron chi connectivity index (χ0n) is 31.8. The summed E-state index contributed by atoms with van der Waals surface area (Å²) in [6, 6.07) is 21.2. The average Bonchev–Trinajstić information content (AvgIpc) is 3.20. The van der Waals surface area contributed by atoms with Crippen LogP contribution < -0.4 is 15.6 Å². The molecule has 6 aromatic rings. The fraction of sp³-hybridized carbons (Fsp3) is 0.0526. The highest BCUT2D eigenvalue weighted by Crippen LogP contribution is 2.44. The molecule has 0 spiro atoms. The molecule has 21 nitrogen and oxygen atoms in total. The number of nitro benzene ring substituents is 1. The van der Waals surface area contributed by atoms with Gasteiger partial charge in [-0.25, -0.2) is 0 Å². The van der Waals surface area contributed by atoms with Crippen LogP contribution in [0.3, 0.4) is 0 Å². The molecule has 0 saturated heterocycles. The summed E-state index contributed by atoms with van der Waals surface area (Å²) in [6.07, 6.45) is 2.15. The van der Waals surface area contributed by atoms with Crippen LogP contribution in [0.1, 0.15) is 16.7 Å². The van der Waals surface area contributed by atoms with Gasteiger partial charge in [0.1, 0.15) is 37.5 Å². The number of nitrogens with one attached hydrogen (secondary N) is 1. The van der Waals surface area contributed by atoms with Crippen LogP contribution in [0.2, 0.25) is 0 Å². The molecule has 6 rings (SSSR count). The standard InChI is InChI=1S/C38H30N8O13S3/c1-21-15-32(44-45-37-36(62(56,57)58)17-24-16-27(12-14-30(24)38(37)47)41-40-26-10-7-25(39)8-11-26)33(59-2)20-31(21)43-42-28-9-5-22(34(18-28)60(50,51)52)3-4-23-6-13-29(46(48)49)19-35(23)61(53,54)55/h3-20,47H,39H2,1-2H3,(H,50,51,52)(H,53,54,55)(H,56,57,58)/p+1/b4-3+,41-40?,43-42?,45-44?. The number of ether oxygens (including phenoxy) is 1. The first kappa shape index (κ1) is 44.2. The third kappa shape index (κ3) is 10.1. The number of rotatable bonds is 13. The van der Waals surface area contributed by atoms with Gasteiger partial charge in [0.25, 0.3) is 36.0 Å². The Balaban J connectivity index is 1.30. The number of non-ortho nitro benzene ring substituents is 1. The monoisotopic (exact) mass is 903 g/mol. The number of hydrogen-bond acceptors (Lipinski definition) is 16. The highest BCUT2D eigenvalue weighted by molar-refractivity contribution is 7.86. The fourth-order valence-corrected chi connectivity index (χ4v) is 7.80. The number of azo groups is 3. The molecule has 6 aromatic carbocycles. The van der Waals surface area contributed by atoms with Crippen LogP contribution in [0.5, 0.6) is 11.5 Å². The Bertz CT molecular complexity index is 3270. The van der Waals surface area contributed by atoms with Gasteiger partial charge in [0, 0.05) is 41.4 Å². The Morgan fingerprint density at radius 1 is 0.694 bits per heavy atom. The van der Waals surface area contributed by atoms with Gasteiger partial charge in [-0.2, -0.15) is 35.5 Å². The highest BCUT2D eigenvalue weighted by atomic mass is 32.2. The van der Waals surface area contributed by atoms with E-state index in [-0.39, 0.29) is 44.7 Å². The first-order valence-electron chi connectivity index (χ1n) is 17.3. The van der Waals surface area contributed by atoms with Crippen LogP contribution >= 0.6 is 0 Å². The van der Waals surface area contributed by atoms with Crippen molar-refractivity contribution in [2.75, 3.05) is 12.8 Å². The van der Waals surface area contributed by atoms with Crippen LogP contribution in [-0.4, -0.2) is 56.1 Å². The maximum absolute atomic E-state index is 12.5. The summed E-state index contributed by atoms with van der Waals surface area (Å²) in [4.78, 5) is 8.01. The number of nitrogen functional groups attached to an aromatic ring is 1. The van der Waals surface area contributed by atoms with E-state index in [2.05, 4.69) is 30.7 Å². The predicted octanol–water partition coefficient (Wildman–Crippen LogP) is 7.59. The highest BCUT2D eigenvalue weighted by Gasteiger charge is 2.24. The van der Waals surface area contributed by atoms with Crippen molar-refractivity contribution in [3.05, 3.63) is 124 Å². The molecule has 0 aromatic heterocycles. The molecule has 0 unspecified atom stereocenters. The molecule has 0 aliphatic carbocycles. The molecule has 0 radical (unpaired) electrons. The molecular formula is C38H31N8O13S3+. The van der Waals surface area contributed by atoms with Crippen LogP contribution in [0.15, 0.2) is 137 Å². The lowest BCUT2D eigenvalue weighted by atomic mass is 10.1. The summed E-state index contributed by atoms with van der Waals surface area (Å²) in [5.74, 6) is -0.575. The lowest BCUT2D eigenvalue weighted by Crippen LogP contribution is -2.57. The molecule has 7 N–H and O–H groups in total. The van der Waals surface area contributed by atoms with E-state index in [1.165, 1.54) is 43.5 Å². The van der Waals surface area contributed by atoms with Crippen molar-refractivity contribution in [2.45, 2.75) is 21.6 Å². The van der Waals surface area contributed by atoms with E-state index >= 15 is 0 Å². The Labute approximate surface area is 351 Å². The van der Waals surface area contributed by atoms with E-state index in [9.17, 15) is 54.1 Å². The molecule has 62 heavy (non-hydrogen) atoms. The second-order valence-electron chi connectivity index (χ2n) is 13.0. The lowest BCUT2D eigenvalue weighted by molar-refractivity contribution is -0.433. The van der Waals surface area contributed by atoms with Gasteiger partial charge in [-0.3, -0.25) is 23.8 Å². The first-order chi connectivity index (χ1) is 29.1. The minimum absolute atomic E-state index is 0.0302. The smallest absolute Gasteiger partial charge is 0.296 e. The number of methoxy groups -OCH3 is 1. The maximum atomic E-state index is 12.5. The summed E-state index contributed by atoms with van der Waals surface area (Å²) in [5, 5.41) is 46.0. The third-order valence-electron chi connectivity index (χ3n) is 8.77. The van der Waals surface area contributed by atoms with Gasteiger partial charge in [0.2, 0.25) is 5.69 Å². The van der Waals surface area contributed by atoms with Crippen molar-refractivity contribution in [1.82, 2.24) is 0 Å². The molecule has 0 heterocycles. The van der Waals surface area contributed by atoms with E-state index in [0.29, 0.717) is 28.7 Å². The largest absolute Gasteiger partial charge is 0.505 e. The minimum Gasteiger partial charge on any atom is -0.505 e. The number of fused-ring (bicyclic) bond motifs is 1. The molecule has 24 heteroatoms. The van der Waals surface area contributed by atoms with Gasteiger partial charge >= 0.3 is 0 Å². The van der Waals surface area contributed by atoms with Gasteiger partial charge in [-0.05, 0) is 94.8 Å². The molecule has 0 aliphatic rings. The quantitative estimate of drug-likeness (QED) is 0.0162. The number of phenols is 1. The van der Waals surface area contributed by atoms with Gasteiger partial charge in [-0.15, -0.1) is 10.2 Å². The van der Waals surface area contributed by atoms with Crippen molar-refractivity contribution < 1.29 is 58.8 Å². The van der Waals surface area contributed by atoms with E-state index in [1.54, 1.807) is 37.3 Å². The zero-order chi connectivity index (χ0) is 45.1. The molecular weight excluding hydrogens is 873 g/mol. The number of hydrogen-bond donors (Lipinski definition) is 6. The second kappa shape index (κ2) is 17.3. The number of anilines is 1. The number of nitrogens with zero attached hydrogens (tertiary/aromatic N) is 6. The van der Waals surface area contributed by atoms with Crippen LogP contribution in [0.4, 0.5) is 45.5 Å². The molecule has 318 valence electrons. The maximum Gasteiger partial charge on any atom is 0.296 e. The Kier molecular flexibility index (Phi) is 12.4. The minimum atomic E-state index is -4.97. The fourth-order valence-electron chi connectivity index (χ4n) is 5.74. The van der Waals surface area contributed by atoms with E-state index in [4.69, 9.17) is 10.5 Å². The van der Waals surface area contributed by atoms with Gasteiger partial charge in [0.05, 0.1) is 23.4 Å². The Hall–Kier alpha value is -7.35. The van der Waals surface area contributed by atoms with Crippen molar-refractivity contribution in [2.24, 2.45) is 25.6 Å². The zero-order valence-corrected chi connectivity index (χ0v) is 34.3. The summed E-state index contributed by atoms with van der Waals surface area (Å²) < 4.78 is 109. The first-order valence-corrected chi connectivity index (χ1v) is 21.6. The molecule has 0 amide bonds. The van der Waals surface area contributed by atoms with E-state index in [1.807, 2.05) is 0 Å². The topological polar surface area (TPSA) is 338 Å². The Morgan fingerprint density at radius 3 is 1.90 bits per heavy atom. The number of aromatic hydroxyl groups is 1. The summed E-state index contributed by atoms with van der Waals surface area (Å²) in [7, 11) is -13.6. The number of nitro groups is 1. The summed E-state index contributed by atoms with van der Waals surface area (Å²) in [6.45, 7) is 1.59. The number of aryl methyl sites for hydroxylation is 1. The normalized spacial score (nSPS) is 12.7. The van der Waals surface area contributed by atoms with Gasteiger partial charge in [-0.1, -0.05) is 23.3 Å². The number of benzene rings is 6. The third-order valence-corrected chi connectivity index (χ3v) is 11.5. The van der Waals surface area contributed by atoms with Crippen molar-refractivity contribution in [3.63, 3.8) is 0 Å². The van der Waals surface area contributed by atoms with Crippen molar-refractivity contribution in [3.8, 4) is 11.5 Å². The molecule has 0 atom stereocenters. The second-order valence-corrected chi connectivity index (χ2v) is 17.2. The van der Waals surface area contributed by atoms with Crippen molar-refractivity contribution >= 4 is 98.8 Å². The number of nitrogens with two attached hydrogens (primary N) is 1. The summed E-state index contributed by atoms with van der Waals surface area (Å²) >= 11 is 0. The van der Waals surface area contributed by atoms with Crippen molar-refractivity contribution in [1.29, 1.82) is 0 Å². The predicted molar refractivity (Wildman–Crippen MR) is 223 cm³/mol.